The van der Waals surface area contributed by atoms with Gasteiger partial charge in [-0.2, -0.15) is 0 Å². The summed E-state index contributed by atoms with van der Waals surface area (Å²) in [5.74, 6) is 0. The van der Waals surface area contributed by atoms with Crippen LogP contribution in [0, 0.1) is 0 Å². The van der Waals surface area contributed by atoms with Crippen LogP contribution < -0.4 is 5.32 Å². The molecule has 0 amide bonds. The molecule has 1 aromatic rings. The van der Waals surface area contributed by atoms with Crippen molar-refractivity contribution < 1.29 is 4.74 Å². The van der Waals surface area contributed by atoms with Crippen LogP contribution in [0.5, 0.6) is 0 Å². The van der Waals surface area contributed by atoms with Crippen molar-refractivity contribution in [1.29, 1.82) is 0 Å². The number of hydrogen-bond acceptors (Lipinski definition) is 2. The predicted molar refractivity (Wildman–Crippen MR) is 62.3 cm³/mol. The zero-order chi connectivity index (χ0) is 10.4. The van der Waals surface area contributed by atoms with Crippen molar-refractivity contribution in [2.24, 2.45) is 0 Å². The summed E-state index contributed by atoms with van der Waals surface area (Å²) in [6.45, 7) is 3.75. The Balaban J connectivity index is 2.34. The molecule has 0 fully saturated rings. The van der Waals surface area contributed by atoms with Crippen LogP contribution in [0.2, 0.25) is 0 Å². The van der Waals surface area contributed by atoms with Crippen molar-refractivity contribution in [2.75, 3.05) is 13.7 Å². The van der Waals surface area contributed by atoms with E-state index in [4.69, 9.17) is 4.74 Å². The highest BCUT2D eigenvalue weighted by Gasteiger charge is 1.99. The Morgan fingerprint density at radius 3 is 2.57 bits per heavy atom. The molecule has 1 rings (SSSR count). The van der Waals surface area contributed by atoms with E-state index in [1.165, 1.54) is 5.56 Å². The molecule has 0 saturated carbocycles. The van der Waals surface area contributed by atoms with Gasteiger partial charge in [0.25, 0.3) is 0 Å². The van der Waals surface area contributed by atoms with Crippen molar-refractivity contribution in [3.63, 3.8) is 0 Å². The molecule has 1 aromatic carbocycles. The first-order chi connectivity index (χ1) is 6.72. The van der Waals surface area contributed by atoms with E-state index in [0.29, 0.717) is 6.04 Å². The largest absolute Gasteiger partial charge is 0.383 e. The van der Waals surface area contributed by atoms with Crippen LogP contribution in [0.4, 0.5) is 0 Å². The lowest BCUT2D eigenvalue weighted by Crippen LogP contribution is -2.29. The van der Waals surface area contributed by atoms with Crippen molar-refractivity contribution in [3.8, 4) is 0 Å². The third-order valence-electron chi connectivity index (χ3n) is 1.98. The Labute approximate surface area is 93.8 Å². The van der Waals surface area contributed by atoms with Crippen LogP contribution in [0.3, 0.4) is 0 Å². The quantitative estimate of drug-likeness (QED) is 0.876. The first kappa shape index (κ1) is 11.7. The van der Waals surface area contributed by atoms with Gasteiger partial charge in [-0.25, -0.2) is 0 Å². The number of halogens is 1. The number of ether oxygens (including phenoxy) is 1. The van der Waals surface area contributed by atoms with Gasteiger partial charge in [0, 0.05) is 24.2 Å². The van der Waals surface area contributed by atoms with Crippen molar-refractivity contribution >= 4 is 15.9 Å². The minimum absolute atomic E-state index is 0.392. The molecule has 0 spiro atoms. The van der Waals surface area contributed by atoms with E-state index in [-0.39, 0.29) is 0 Å². The standard InChI is InChI=1S/C11H16BrNO/c1-9(8-14-2)13-7-10-3-5-11(12)6-4-10/h3-6,9,13H,7-8H2,1-2H3/t9-/m1/s1. The zero-order valence-electron chi connectivity index (χ0n) is 8.59. The van der Waals surface area contributed by atoms with E-state index in [0.717, 1.165) is 17.6 Å². The molecule has 3 heteroatoms. The van der Waals surface area contributed by atoms with E-state index >= 15 is 0 Å². The summed E-state index contributed by atoms with van der Waals surface area (Å²) in [7, 11) is 1.72. The van der Waals surface area contributed by atoms with Gasteiger partial charge in [-0.15, -0.1) is 0 Å². The Morgan fingerprint density at radius 1 is 1.36 bits per heavy atom. The average molecular weight is 258 g/mol. The molecule has 0 unspecified atom stereocenters. The summed E-state index contributed by atoms with van der Waals surface area (Å²) >= 11 is 3.41. The van der Waals surface area contributed by atoms with Gasteiger partial charge in [-0.05, 0) is 24.6 Å². The van der Waals surface area contributed by atoms with Crippen molar-refractivity contribution in [3.05, 3.63) is 34.3 Å². The van der Waals surface area contributed by atoms with Crippen LogP contribution in [0.15, 0.2) is 28.7 Å². The fourth-order valence-electron chi connectivity index (χ4n) is 1.20. The average Bonchev–Trinajstić information content (AvgIpc) is 2.17. The van der Waals surface area contributed by atoms with Crippen LogP contribution >= 0.6 is 15.9 Å². The summed E-state index contributed by atoms with van der Waals surface area (Å²) < 4.78 is 6.16. The molecule has 78 valence electrons. The molecule has 2 nitrogen and oxygen atoms in total. The van der Waals surface area contributed by atoms with Gasteiger partial charge < -0.3 is 10.1 Å². The molecule has 0 aliphatic carbocycles. The maximum Gasteiger partial charge on any atom is 0.0613 e. The van der Waals surface area contributed by atoms with Gasteiger partial charge in [0.2, 0.25) is 0 Å². The van der Waals surface area contributed by atoms with E-state index in [1.54, 1.807) is 7.11 Å². The van der Waals surface area contributed by atoms with Gasteiger partial charge >= 0.3 is 0 Å². The second kappa shape index (κ2) is 6.17. The minimum Gasteiger partial charge on any atom is -0.383 e. The maximum atomic E-state index is 5.04. The summed E-state index contributed by atoms with van der Waals surface area (Å²) in [5, 5.41) is 3.38. The number of rotatable bonds is 5. The maximum absolute atomic E-state index is 5.04. The highest BCUT2D eigenvalue weighted by molar-refractivity contribution is 9.10. The first-order valence-corrected chi connectivity index (χ1v) is 5.48. The Kier molecular flexibility index (Phi) is 5.15. The normalized spacial score (nSPS) is 12.8. The minimum atomic E-state index is 0.392. The summed E-state index contributed by atoms with van der Waals surface area (Å²) in [6, 6.07) is 8.71. The first-order valence-electron chi connectivity index (χ1n) is 4.69. The highest BCUT2D eigenvalue weighted by atomic mass is 79.9. The number of hydrogen-bond donors (Lipinski definition) is 1. The molecule has 0 aliphatic rings. The Morgan fingerprint density at radius 2 is 2.00 bits per heavy atom. The van der Waals surface area contributed by atoms with Crippen molar-refractivity contribution in [1.82, 2.24) is 5.32 Å². The molecular formula is C11H16BrNO. The molecule has 0 radical (unpaired) electrons. The fraction of sp³-hybridized carbons (Fsp3) is 0.455. The molecule has 0 heterocycles. The lowest BCUT2D eigenvalue weighted by molar-refractivity contribution is 0.171. The number of nitrogens with one attached hydrogen (secondary N) is 1. The van der Waals surface area contributed by atoms with E-state index in [2.05, 4.69) is 52.4 Å². The molecule has 0 aromatic heterocycles. The van der Waals surface area contributed by atoms with Gasteiger partial charge in [-0.1, -0.05) is 28.1 Å². The number of methoxy groups -OCH3 is 1. The Bertz CT molecular complexity index is 260. The predicted octanol–water partition coefficient (Wildman–Crippen LogP) is 2.57. The lowest BCUT2D eigenvalue weighted by atomic mass is 10.2. The SMILES string of the molecule is COC[C@@H](C)NCc1ccc(Br)cc1. The molecule has 0 saturated heterocycles. The summed E-state index contributed by atoms with van der Waals surface area (Å²) in [6.07, 6.45) is 0. The smallest absolute Gasteiger partial charge is 0.0613 e. The second-order valence-corrected chi connectivity index (χ2v) is 4.28. The molecule has 1 N–H and O–H groups in total. The fourth-order valence-corrected chi connectivity index (χ4v) is 1.47. The summed E-state index contributed by atoms with van der Waals surface area (Å²) in [5.41, 5.74) is 1.29. The van der Waals surface area contributed by atoms with Gasteiger partial charge in [0.1, 0.15) is 0 Å². The molecule has 14 heavy (non-hydrogen) atoms. The van der Waals surface area contributed by atoms with Crippen molar-refractivity contribution in [2.45, 2.75) is 19.5 Å². The molecule has 1 atom stereocenters. The lowest BCUT2D eigenvalue weighted by Gasteiger charge is -2.12. The molecule has 0 bridgehead atoms. The van der Waals surface area contributed by atoms with Gasteiger partial charge in [0.15, 0.2) is 0 Å². The van der Waals surface area contributed by atoms with Gasteiger partial charge in [0.05, 0.1) is 6.61 Å². The van der Waals surface area contributed by atoms with Crippen LogP contribution in [-0.2, 0) is 11.3 Å². The Hall–Kier alpha value is -0.380. The topological polar surface area (TPSA) is 21.3 Å². The number of benzene rings is 1. The summed E-state index contributed by atoms with van der Waals surface area (Å²) in [4.78, 5) is 0. The van der Waals surface area contributed by atoms with Crippen LogP contribution in [0.25, 0.3) is 0 Å². The van der Waals surface area contributed by atoms with E-state index in [1.807, 2.05) is 0 Å². The van der Waals surface area contributed by atoms with E-state index < -0.39 is 0 Å². The van der Waals surface area contributed by atoms with E-state index in [9.17, 15) is 0 Å². The highest BCUT2D eigenvalue weighted by Crippen LogP contribution is 2.10. The third kappa shape index (κ3) is 4.22. The molecular weight excluding hydrogens is 242 g/mol. The zero-order valence-corrected chi connectivity index (χ0v) is 10.2. The van der Waals surface area contributed by atoms with Crippen LogP contribution in [0.1, 0.15) is 12.5 Å². The molecule has 0 aliphatic heterocycles. The monoisotopic (exact) mass is 257 g/mol. The third-order valence-corrected chi connectivity index (χ3v) is 2.51. The second-order valence-electron chi connectivity index (χ2n) is 3.36. The van der Waals surface area contributed by atoms with Crippen LogP contribution in [-0.4, -0.2) is 19.8 Å². The van der Waals surface area contributed by atoms with Gasteiger partial charge in [-0.3, -0.25) is 0 Å².